The van der Waals surface area contributed by atoms with Crippen molar-refractivity contribution >= 4 is 59.2 Å². The number of aliphatic hydroxyl groups is 1. The first-order chi connectivity index (χ1) is 34.4. The van der Waals surface area contributed by atoms with E-state index in [4.69, 9.17) is 0 Å². The highest BCUT2D eigenvalue weighted by Crippen LogP contribution is 2.33. The number of thioether (sulfide) groups is 1. The maximum absolute atomic E-state index is 13.4. The van der Waals surface area contributed by atoms with Crippen LogP contribution in [0.5, 0.6) is 23.0 Å². The second-order valence-electron chi connectivity index (χ2n) is 17.9. The number of carbonyl (C=O) groups excluding carboxylic acids is 7. The molecule has 2 aliphatic rings. The maximum Gasteiger partial charge on any atom is 0.336 e. The number of amides is 8. The van der Waals surface area contributed by atoms with Gasteiger partial charge < -0.3 is 78.1 Å². The molecule has 0 aliphatic carbocycles. The number of fused-ring (bicyclic) bond motifs is 1. The Labute approximate surface area is 422 Å². The summed E-state index contributed by atoms with van der Waals surface area (Å²) in [7, 11) is 0. The number of rotatable bonds is 34. The first-order valence-electron chi connectivity index (χ1n) is 24.5. The van der Waals surface area contributed by atoms with Crippen LogP contribution in [0, 0.1) is 0 Å². The van der Waals surface area contributed by atoms with E-state index in [-0.39, 0.29) is 103 Å². The van der Waals surface area contributed by atoms with Gasteiger partial charge >= 0.3 is 12.0 Å². The molecule has 4 rings (SSSR count). The maximum atomic E-state index is 13.4. The van der Waals surface area contributed by atoms with Crippen molar-refractivity contribution in [2.24, 2.45) is 0 Å². The normalized spacial score (nSPS) is 16.6. The lowest BCUT2D eigenvalue weighted by molar-refractivity contribution is -0.164. The molecule has 2 aliphatic heterocycles. The Morgan fingerprint density at radius 2 is 1.12 bits per heavy atom. The monoisotopic (exact) mass is 1030 g/mol. The van der Waals surface area contributed by atoms with Crippen LogP contribution < -0.4 is 42.5 Å². The Morgan fingerprint density at radius 1 is 0.597 bits per heavy atom. The fourth-order valence-corrected chi connectivity index (χ4v) is 9.57. The highest BCUT2D eigenvalue weighted by molar-refractivity contribution is 8.00. The van der Waals surface area contributed by atoms with Crippen molar-refractivity contribution in [2.75, 3.05) is 64.7 Å². The number of benzene rings is 2. The Hall–Kier alpha value is -6.53. The number of nitrogens with zero attached hydrogens (tertiary/aromatic N) is 1. The molecule has 0 spiro atoms. The third-order valence-corrected chi connectivity index (χ3v) is 13.6. The van der Waals surface area contributed by atoms with Gasteiger partial charge in [-0.15, -0.1) is 0 Å². The molecule has 4 atom stereocenters. The molecule has 72 heavy (non-hydrogen) atoms. The van der Waals surface area contributed by atoms with E-state index in [1.54, 1.807) is 4.90 Å². The van der Waals surface area contributed by atoms with E-state index >= 15 is 0 Å². The number of unbranched alkanes of at least 4 members (excludes halogenated alkanes) is 3. The van der Waals surface area contributed by atoms with Gasteiger partial charge in [-0.2, -0.15) is 11.8 Å². The molecule has 24 heteroatoms. The van der Waals surface area contributed by atoms with Gasteiger partial charge in [-0.25, -0.2) is 9.59 Å². The zero-order valence-electron chi connectivity index (χ0n) is 40.5. The lowest BCUT2D eigenvalue weighted by atomic mass is 9.94. The largest absolute Gasteiger partial charge is 0.504 e. The highest BCUT2D eigenvalue weighted by Gasteiger charge is 2.43. The van der Waals surface area contributed by atoms with Crippen molar-refractivity contribution in [3.05, 3.63) is 47.5 Å². The van der Waals surface area contributed by atoms with Gasteiger partial charge in [0.05, 0.1) is 24.9 Å². The summed E-state index contributed by atoms with van der Waals surface area (Å²) in [4.78, 5) is 101. The number of carboxylic acid groups (broad SMARTS) is 1. The Balaban J connectivity index is 1.10. The third kappa shape index (κ3) is 20.3. The molecule has 0 saturated carbocycles. The second kappa shape index (κ2) is 30.4. The molecule has 2 fully saturated rings. The summed E-state index contributed by atoms with van der Waals surface area (Å²) in [6, 6.07) is 7.61. The molecule has 2 saturated heterocycles. The third-order valence-electron chi connectivity index (χ3n) is 12.1. The van der Waals surface area contributed by atoms with Crippen LogP contribution in [-0.2, 0) is 24.0 Å². The Bertz CT molecular complexity index is 2170. The highest BCUT2D eigenvalue weighted by atomic mass is 32.2. The first-order valence-corrected chi connectivity index (χ1v) is 25.5. The average Bonchev–Trinajstić information content (AvgIpc) is 3.90. The summed E-state index contributed by atoms with van der Waals surface area (Å²) in [5.74, 6) is -5.06. The fraction of sp³-hybridized carbons (Fsp3) is 0.583. The number of aromatic hydroxyl groups is 4. The van der Waals surface area contributed by atoms with E-state index in [1.807, 2.05) is 11.8 Å². The standard InChI is InChI=1S/C48H71N9O14S/c58-34-15-13-31(26-36(34)60)44(66)53-22-8-18-49-17-3-4-19-51-40(63)28-48(71,46(68)69)29-41(64)52-20-5-6-24-57(25-9-23-54-45(67)32-14-16-35(59)37(61)27-32)42(65)12-7-21-50-39(62)11-2-1-10-38-43-33(30-72-38)55-47(70)56-43/h13-16,26-27,33,38,43,49,58-61,71H,1-12,17-25,28-30H2,(H,50,62)(H,51,63)(H,52,64)(H,53,66)(H,54,67)(H,68,69)(H2,55,56,70)/t33-,38-,43-,48?/m0/s1. The zero-order chi connectivity index (χ0) is 52.5. The van der Waals surface area contributed by atoms with Gasteiger partial charge in [0.15, 0.2) is 28.6 Å². The molecular formula is C48H71N9O14S. The summed E-state index contributed by atoms with van der Waals surface area (Å²) in [5, 5.41) is 81.6. The van der Waals surface area contributed by atoms with Gasteiger partial charge in [0, 0.05) is 80.8 Å². The van der Waals surface area contributed by atoms with E-state index in [2.05, 4.69) is 42.5 Å². The van der Waals surface area contributed by atoms with E-state index in [0.717, 1.165) is 24.7 Å². The van der Waals surface area contributed by atoms with Crippen LogP contribution in [0.2, 0.25) is 0 Å². The fourth-order valence-electron chi connectivity index (χ4n) is 8.02. The molecule has 23 nitrogen and oxygen atoms in total. The minimum atomic E-state index is -2.65. The van der Waals surface area contributed by atoms with Gasteiger partial charge in [-0.1, -0.05) is 6.42 Å². The van der Waals surface area contributed by atoms with Crippen LogP contribution in [0.15, 0.2) is 36.4 Å². The van der Waals surface area contributed by atoms with E-state index in [0.29, 0.717) is 89.2 Å². The van der Waals surface area contributed by atoms with Crippen molar-refractivity contribution in [1.82, 2.24) is 47.4 Å². The Kier molecular flexibility index (Phi) is 24.5. The van der Waals surface area contributed by atoms with Crippen LogP contribution in [0.4, 0.5) is 4.79 Å². The van der Waals surface area contributed by atoms with Gasteiger partial charge in [-0.3, -0.25) is 28.8 Å². The predicted octanol–water partition coefficient (Wildman–Crippen LogP) is 0.878. The summed E-state index contributed by atoms with van der Waals surface area (Å²) in [6.07, 6.45) is 4.61. The molecule has 8 amide bonds. The number of carboxylic acids is 1. The van der Waals surface area contributed by atoms with Crippen LogP contribution in [0.1, 0.15) is 111 Å². The number of hydrogen-bond donors (Lipinski definition) is 14. The van der Waals surface area contributed by atoms with E-state index < -0.39 is 47.9 Å². The lowest BCUT2D eigenvalue weighted by Gasteiger charge is -2.24. The molecule has 0 aromatic heterocycles. The van der Waals surface area contributed by atoms with Gasteiger partial charge in [0.1, 0.15) is 0 Å². The molecule has 0 bridgehead atoms. The zero-order valence-corrected chi connectivity index (χ0v) is 41.3. The van der Waals surface area contributed by atoms with Crippen molar-refractivity contribution in [3.63, 3.8) is 0 Å². The molecule has 14 N–H and O–H groups in total. The van der Waals surface area contributed by atoms with Crippen LogP contribution >= 0.6 is 11.8 Å². The first kappa shape index (κ1) is 58.0. The second-order valence-corrected chi connectivity index (χ2v) is 19.2. The minimum Gasteiger partial charge on any atom is -0.504 e. The van der Waals surface area contributed by atoms with Crippen molar-refractivity contribution in [1.29, 1.82) is 0 Å². The quantitative estimate of drug-likeness (QED) is 0.0263. The number of hydrogen-bond acceptors (Lipinski definition) is 15. The molecular weight excluding hydrogens is 959 g/mol. The van der Waals surface area contributed by atoms with Gasteiger partial charge in [0.25, 0.3) is 11.8 Å². The van der Waals surface area contributed by atoms with Crippen molar-refractivity contribution in [2.45, 2.75) is 113 Å². The SMILES string of the molecule is O=C(CCCC[C@@H]1SC[C@@H]2NC(=O)N[C@@H]21)NCCCC(=O)N(CCCCNC(=O)CC(O)(CC(=O)NCCCCNCCCNC(=O)c1ccc(O)c(O)c1)C(=O)O)CCCNC(=O)c1ccc(O)c(O)c1. The topological polar surface area (TPSA) is 357 Å². The smallest absolute Gasteiger partial charge is 0.336 e. The predicted molar refractivity (Wildman–Crippen MR) is 265 cm³/mol. The lowest BCUT2D eigenvalue weighted by Crippen LogP contribution is -2.47. The van der Waals surface area contributed by atoms with Crippen molar-refractivity contribution < 1.29 is 69.0 Å². The summed E-state index contributed by atoms with van der Waals surface area (Å²) >= 11 is 1.83. The average molecular weight is 1030 g/mol. The number of carbonyl (C=O) groups is 8. The molecule has 0 radical (unpaired) electrons. The van der Waals surface area contributed by atoms with Crippen LogP contribution in [0.3, 0.4) is 0 Å². The molecule has 2 aromatic rings. The van der Waals surface area contributed by atoms with E-state index in [9.17, 15) is 69.0 Å². The molecule has 1 unspecified atom stereocenters. The number of nitrogens with one attached hydrogen (secondary N) is 8. The molecule has 2 aromatic carbocycles. The minimum absolute atomic E-state index is 0.0898. The van der Waals surface area contributed by atoms with Crippen LogP contribution in [-0.4, -0.2) is 171 Å². The van der Waals surface area contributed by atoms with Gasteiger partial charge in [0.2, 0.25) is 23.6 Å². The Morgan fingerprint density at radius 3 is 1.74 bits per heavy atom. The summed E-state index contributed by atoms with van der Waals surface area (Å²) in [5.41, 5.74) is -2.30. The summed E-state index contributed by atoms with van der Waals surface area (Å²) in [6.45, 7) is 2.91. The van der Waals surface area contributed by atoms with E-state index in [1.165, 1.54) is 30.3 Å². The number of aliphatic carboxylic acids is 1. The number of phenols is 4. The number of phenolic OH excluding ortho intramolecular Hbond substituents is 4. The summed E-state index contributed by atoms with van der Waals surface area (Å²) < 4.78 is 0. The van der Waals surface area contributed by atoms with Gasteiger partial charge in [-0.05, 0) is 107 Å². The van der Waals surface area contributed by atoms with Crippen LogP contribution in [0.25, 0.3) is 0 Å². The van der Waals surface area contributed by atoms with Crippen molar-refractivity contribution in [3.8, 4) is 23.0 Å². The number of urea groups is 1. The molecule has 398 valence electrons. The molecule has 2 heterocycles.